The van der Waals surface area contributed by atoms with Crippen LogP contribution in [-0.2, 0) is 49.7 Å². The lowest BCUT2D eigenvalue weighted by molar-refractivity contribution is -0.316. The number of ether oxygens (including phenoxy) is 2. The van der Waals surface area contributed by atoms with Crippen molar-refractivity contribution < 1.29 is 49.7 Å². The Morgan fingerprint density at radius 1 is 0.473 bits per heavy atom. The molecular weight excluding hydrogens is 833 g/mol. The summed E-state index contributed by atoms with van der Waals surface area (Å²) in [6, 6.07) is 0. The highest BCUT2D eigenvalue weighted by Crippen LogP contribution is 2.37. The van der Waals surface area contributed by atoms with Gasteiger partial charge in [0.25, 0.3) is 0 Å². The molecule has 0 saturated carbocycles. The van der Waals surface area contributed by atoms with Crippen molar-refractivity contribution in [1.29, 1.82) is 0 Å². The first-order valence-electron chi connectivity index (χ1n) is 20.3. The first-order valence-corrected chi connectivity index (χ1v) is 47.6. The zero-order valence-electron chi connectivity index (χ0n) is 39.7. The van der Waals surface area contributed by atoms with Crippen LogP contribution in [0.3, 0.4) is 0 Å². The van der Waals surface area contributed by atoms with E-state index in [0.717, 1.165) is 6.29 Å². The molecule has 1 fully saturated rings. The van der Waals surface area contributed by atoms with Gasteiger partial charge in [-0.3, -0.25) is 0 Å². The van der Waals surface area contributed by atoms with Crippen molar-refractivity contribution in [2.24, 2.45) is 0 Å². The van der Waals surface area contributed by atoms with Crippen LogP contribution in [0.25, 0.3) is 0 Å². The Bertz CT molecular complexity index is 1160. The van der Waals surface area contributed by atoms with E-state index in [9.17, 15) is 4.79 Å². The number of hydrogen-bond acceptors (Lipinski definition) is 11. The molecule has 0 aromatic rings. The normalized spacial score (nSPS) is 25.1. The third-order valence-corrected chi connectivity index (χ3v) is 15.3. The van der Waals surface area contributed by atoms with Crippen LogP contribution in [0.15, 0.2) is 0 Å². The summed E-state index contributed by atoms with van der Waals surface area (Å²) in [6.45, 7) is 52.3. The summed E-state index contributed by atoms with van der Waals surface area (Å²) >= 11 is 0. The second-order valence-corrected chi connectivity index (χ2v) is 58.7. The van der Waals surface area contributed by atoms with E-state index in [2.05, 4.69) is 157 Å². The minimum Gasteiger partial charge on any atom is -0.415 e. The summed E-state index contributed by atoms with van der Waals surface area (Å²) in [4.78, 5) is 13.2. The van der Waals surface area contributed by atoms with Gasteiger partial charge in [0.05, 0.1) is 19.3 Å². The fourth-order valence-corrected chi connectivity index (χ4v) is 13.7. The van der Waals surface area contributed by atoms with Gasteiger partial charge in [0.2, 0.25) is 0 Å². The lowest BCUT2D eigenvalue weighted by Crippen LogP contribution is -2.68. The number of carbonyl (C=O) groups excluding carboxylic acids is 1. The van der Waals surface area contributed by atoms with Gasteiger partial charge in [0.15, 0.2) is 72.8 Å². The molecule has 0 bridgehead atoms. The summed E-state index contributed by atoms with van der Waals surface area (Å²) < 4.78 is 69.9. The van der Waals surface area contributed by atoms with Gasteiger partial charge in [-0.15, -0.1) is 0 Å². The number of hydrogen-bond donors (Lipinski definition) is 0. The average molecular weight is 920 g/mol. The molecule has 9 atom stereocenters. The second-order valence-electron chi connectivity index (χ2n) is 22.9. The maximum absolute atomic E-state index is 13.2. The SMILES string of the molecule is C[Si](C)(C)OCC(O[Si](C)(C)C)C(OC1O[C@H](CO[Si](C)(C)C)[C@@H](O[Si](C)(C)C)[C@H](O[Si](C)(C)C)[C@H]1O[Si](C)(C)C)C(O[Si](C)(C)C)C(C=O)O[Si](C)(C)C. The van der Waals surface area contributed by atoms with Crippen molar-refractivity contribution in [1.82, 2.24) is 0 Å². The average Bonchev–Trinajstić information content (AvgIpc) is 2.89. The van der Waals surface area contributed by atoms with Crippen LogP contribution >= 0.6 is 0 Å². The highest BCUT2D eigenvalue weighted by molar-refractivity contribution is 6.72. The summed E-state index contributed by atoms with van der Waals surface area (Å²) in [5, 5.41) is 0. The number of aldehydes is 1. The lowest BCUT2D eigenvalue weighted by atomic mass is 9.98. The summed E-state index contributed by atoms with van der Waals surface area (Å²) in [6.07, 6.45) is -5.37. The van der Waals surface area contributed by atoms with E-state index in [0.29, 0.717) is 6.61 Å². The smallest absolute Gasteiger partial charge is 0.186 e. The molecule has 0 aromatic carbocycles. The summed E-state index contributed by atoms with van der Waals surface area (Å²) in [5.41, 5.74) is 0. The summed E-state index contributed by atoms with van der Waals surface area (Å²) in [5.74, 6) is 0. The topological polar surface area (TPSA) is 109 Å². The van der Waals surface area contributed by atoms with Crippen LogP contribution in [0.5, 0.6) is 0 Å². The first-order chi connectivity index (χ1) is 24.2. The quantitative estimate of drug-likeness (QED) is 0.0683. The maximum atomic E-state index is 13.2. The lowest BCUT2D eigenvalue weighted by Gasteiger charge is -2.52. The summed E-state index contributed by atoms with van der Waals surface area (Å²) in [7, 11) is -17.5. The molecule has 0 aliphatic carbocycles. The third-order valence-electron chi connectivity index (χ3n) is 7.34. The molecule has 0 N–H and O–H groups in total. The fourth-order valence-electron chi connectivity index (χ4n) is 5.90. The van der Waals surface area contributed by atoms with Gasteiger partial charge in [0, 0.05) is 0 Å². The van der Waals surface area contributed by atoms with Gasteiger partial charge in [0.1, 0.15) is 49.0 Å². The molecule has 0 aromatic heterocycles. The van der Waals surface area contributed by atoms with Crippen molar-refractivity contribution in [3.8, 4) is 0 Å². The van der Waals surface area contributed by atoms with E-state index in [-0.39, 0.29) is 6.61 Å². The molecule has 0 amide bonds. The molecule has 1 aliphatic rings. The van der Waals surface area contributed by atoms with E-state index >= 15 is 0 Å². The highest BCUT2D eigenvalue weighted by Gasteiger charge is 2.55. The minimum absolute atomic E-state index is 0.263. The van der Waals surface area contributed by atoms with E-state index in [1.807, 2.05) is 0 Å². The van der Waals surface area contributed by atoms with Gasteiger partial charge in [-0.05, 0) is 157 Å². The fraction of sp³-hybridized carbons (Fsp3) is 0.972. The molecule has 19 heteroatoms. The van der Waals surface area contributed by atoms with Crippen molar-refractivity contribution in [2.75, 3.05) is 13.2 Å². The molecule has 0 spiro atoms. The molecule has 1 saturated heterocycles. The van der Waals surface area contributed by atoms with Crippen LogP contribution in [0, 0.1) is 0 Å². The van der Waals surface area contributed by atoms with E-state index in [1.54, 1.807) is 0 Å². The number of carbonyl (C=O) groups is 1. The third kappa shape index (κ3) is 23.6. The molecule has 0 radical (unpaired) electrons. The molecule has 55 heavy (non-hydrogen) atoms. The Morgan fingerprint density at radius 2 is 0.891 bits per heavy atom. The molecule has 5 unspecified atom stereocenters. The van der Waals surface area contributed by atoms with Crippen LogP contribution in [0.1, 0.15) is 0 Å². The zero-order valence-corrected chi connectivity index (χ0v) is 47.7. The van der Waals surface area contributed by atoms with Crippen molar-refractivity contribution in [3.63, 3.8) is 0 Å². The predicted molar refractivity (Wildman–Crippen MR) is 248 cm³/mol. The van der Waals surface area contributed by atoms with Crippen LogP contribution in [-0.4, -0.2) is 141 Å². The van der Waals surface area contributed by atoms with Gasteiger partial charge in [-0.2, -0.15) is 0 Å². The molecule has 1 heterocycles. The molecule has 328 valence electrons. The first kappa shape index (κ1) is 54.0. The Hall–Kier alpha value is 1.01. The Balaban J connectivity index is 4.31. The van der Waals surface area contributed by atoms with E-state index < -0.39 is 122 Å². The predicted octanol–water partition coefficient (Wildman–Crippen LogP) is 9.32. The standard InChI is InChI=1S/C36H86O11Si8/c1-48(2,3)38-26-29-33(45-53(16,17)18)34(46-54(19,20)21)35(47-55(22,23)24)36(40-29)41-31(30(43-51(10,11)12)27-39-49(4,5)6)32(44-52(13,14)15)28(25-37)42-50(7,8)9/h25,28-36H,26-27H2,1-24H3/t28?,29-,30?,31?,32?,33-,34+,35-,36?/m1/s1. The van der Waals surface area contributed by atoms with Gasteiger partial charge in [-0.25, -0.2) is 0 Å². The van der Waals surface area contributed by atoms with E-state index in [4.69, 9.17) is 44.9 Å². The van der Waals surface area contributed by atoms with Crippen molar-refractivity contribution in [3.05, 3.63) is 0 Å². The molecule has 1 rings (SSSR count). The van der Waals surface area contributed by atoms with Crippen molar-refractivity contribution in [2.45, 2.75) is 212 Å². The van der Waals surface area contributed by atoms with Crippen LogP contribution in [0.4, 0.5) is 0 Å². The minimum atomic E-state index is -2.35. The highest BCUT2D eigenvalue weighted by atomic mass is 28.4. The van der Waals surface area contributed by atoms with Crippen molar-refractivity contribution >= 4 is 72.8 Å². The second kappa shape index (κ2) is 20.3. The monoisotopic (exact) mass is 918 g/mol. The zero-order chi connectivity index (χ0) is 43.4. The van der Waals surface area contributed by atoms with Crippen LogP contribution < -0.4 is 0 Å². The largest absolute Gasteiger partial charge is 0.415 e. The molecular formula is C36H86O11Si8. The van der Waals surface area contributed by atoms with Crippen LogP contribution in [0.2, 0.25) is 157 Å². The molecule has 11 nitrogen and oxygen atoms in total. The molecule has 1 aliphatic heterocycles. The van der Waals surface area contributed by atoms with Gasteiger partial charge >= 0.3 is 0 Å². The Labute approximate surface area is 346 Å². The number of rotatable bonds is 24. The Kier molecular flexibility index (Phi) is 19.9. The van der Waals surface area contributed by atoms with Gasteiger partial charge < -0.3 is 49.7 Å². The maximum Gasteiger partial charge on any atom is 0.186 e. The van der Waals surface area contributed by atoms with Gasteiger partial charge in [-0.1, -0.05) is 0 Å². The van der Waals surface area contributed by atoms with E-state index in [1.165, 1.54) is 0 Å². The Morgan fingerprint density at radius 3 is 1.27 bits per heavy atom.